The molecule has 0 spiro atoms. The van der Waals surface area contributed by atoms with Crippen LogP contribution < -0.4 is 4.90 Å². The largest absolute Gasteiger partial charge is 0.340 e. The van der Waals surface area contributed by atoms with Crippen molar-refractivity contribution in [3.05, 3.63) is 58.9 Å². The second-order valence-corrected chi connectivity index (χ2v) is 7.65. The number of hydrogen-bond acceptors (Lipinski definition) is 4. The van der Waals surface area contributed by atoms with Crippen LogP contribution >= 0.6 is 11.6 Å². The Morgan fingerprint density at radius 1 is 1.07 bits per heavy atom. The van der Waals surface area contributed by atoms with E-state index in [-0.39, 0.29) is 5.15 Å². The number of aromatic nitrogens is 2. The van der Waals surface area contributed by atoms with Crippen molar-refractivity contribution in [2.45, 2.75) is 12.8 Å². The Morgan fingerprint density at radius 2 is 1.82 bits per heavy atom. The molecule has 144 valence electrons. The highest BCUT2D eigenvalue weighted by molar-refractivity contribution is 6.30. The topological polar surface area (TPSA) is 48.1 Å². The van der Waals surface area contributed by atoms with Crippen molar-refractivity contribution in [3.63, 3.8) is 0 Å². The number of hydrogen-bond donors (Lipinski definition) is 0. The number of imidazole rings is 1. The van der Waals surface area contributed by atoms with Crippen LogP contribution in [0.4, 0.5) is 5.95 Å². The molecule has 28 heavy (non-hydrogen) atoms. The van der Waals surface area contributed by atoms with Crippen molar-refractivity contribution in [2.24, 2.45) is 7.05 Å². The molecule has 1 saturated heterocycles. The fourth-order valence-electron chi connectivity index (χ4n) is 4.03. The zero-order chi connectivity index (χ0) is 19.5. The van der Waals surface area contributed by atoms with Crippen molar-refractivity contribution >= 4 is 28.3 Å². The van der Waals surface area contributed by atoms with Gasteiger partial charge in [-0.1, -0.05) is 54.1 Å². The normalized spacial score (nSPS) is 15.1. The molecular formula is C22H24ClN5. The van der Waals surface area contributed by atoms with Crippen LogP contribution in [0.3, 0.4) is 0 Å². The maximum absolute atomic E-state index is 9.19. The van der Waals surface area contributed by atoms with Crippen molar-refractivity contribution in [1.82, 2.24) is 14.5 Å². The van der Waals surface area contributed by atoms with Gasteiger partial charge < -0.3 is 9.47 Å². The van der Waals surface area contributed by atoms with Gasteiger partial charge in [-0.15, -0.1) is 0 Å². The average Bonchev–Trinajstić information content (AvgIpc) is 3.02. The second kappa shape index (κ2) is 8.22. The summed E-state index contributed by atoms with van der Waals surface area (Å²) in [5, 5.41) is 12.2. The maximum Gasteiger partial charge on any atom is 0.207 e. The molecule has 0 unspecified atom stereocenters. The number of rotatable bonds is 5. The molecule has 4 rings (SSSR count). The van der Waals surface area contributed by atoms with Crippen LogP contribution in [0.5, 0.6) is 0 Å². The van der Waals surface area contributed by atoms with Crippen molar-refractivity contribution in [1.29, 1.82) is 5.26 Å². The van der Waals surface area contributed by atoms with Gasteiger partial charge in [0.05, 0.1) is 0 Å². The Labute approximate surface area is 170 Å². The van der Waals surface area contributed by atoms with E-state index >= 15 is 0 Å². The van der Waals surface area contributed by atoms with Gasteiger partial charge >= 0.3 is 0 Å². The summed E-state index contributed by atoms with van der Waals surface area (Å²) in [6, 6.07) is 17.3. The van der Waals surface area contributed by atoms with E-state index in [0.717, 1.165) is 51.5 Å². The van der Waals surface area contributed by atoms with Crippen molar-refractivity contribution in [3.8, 4) is 6.07 Å². The zero-order valence-electron chi connectivity index (χ0n) is 16.1. The van der Waals surface area contributed by atoms with Gasteiger partial charge in [-0.05, 0) is 35.7 Å². The molecule has 0 saturated carbocycles. The first-order chi connectivity index (χ1) is 13.7. The second-order valence-electron chi connectivity index (χ2n) is 7.29. The van der Waals surface area contributed by atoms with Crippen LogP contribution in [0, 0.1) is 11.3 Å². The van der Waals surface area contributed by atoms with Crippen LogP contribution in [0.15, 0.2) is 42.5 Å². The van der Waals surface area contributed by atoms with Crippen LogP contribution in [-0.4, -0.2) is 47.2 Å². The number of nitriles is 1. The molecular weight excluding hydrogens is 370 g/mol. The number of nitrogens with zero attached hydrogens (tertiary/aromatic N) is 5. The predicted molar refractivity (Wildman–Crippen MR) is 114 cm³/mol. The monoisotopic (exact) mass is 393 g/mol. The number of piperazine rings is 1. The maximum atomic E-state index is 9.19. The zero-order valence-corrected chi connectivity index (χ0v) is 16.9. The predicted octanol–water partition coefficient (Wildman–Crippen LogP) is 3.85. The SMILES string of the molecule is Cn1c(N2CCN(CCCc3cccc4ccccc34)CC2)nc(Cl)c1C#N. The average molecular weight is 394 g/mol. The van der Waals surface area contributed by atoms with E-state index in [1.54, 1.807) is 4.57 Å². The molecule has 3 aromatic rings. The molecule has 0 aliphatic carbocycles. The van der Waals surface area contributed by atoms with Crippen LogP contribution in [-0.2, 0) is 13.5 Å². The van der Waals surface area contributed by atoms with E-state index in [1.807, 2.05) is 7.05 Å². The minimum absolute atomic E-state index is 0.289. The summed E-state index contributed by atoms with van der Waals surface area (Å²) in [5.41, 5.74) is 1.86. The summed E-state index contributed by atoms with van der Waals surface area (Å²) in [5.74, 6) is 0.789. The molecule has 2 heterocycles. The highest BCUT2D eigenvalue weighted by Crippen LogP contribution is 2.23. The third-order valence-corrected chi connectivity index (χ3v) is 5.85. The minimum atomic E-state index is 0.289. The molecule has 5 nitrogen and oxygen atoms in total. The summed E-state index contributed by atoms with van der Waals surface area (Å²) >= 11 is 6.07. The summed E-state index contributed by atoms with van der Waals surface area (Å²) in [6.45, 7) is 4.91. The quantitative estimate of drug-likeness (QED) is 0.660. The van der Waals surface area contributed by atoms with E-state index < -0.39 is 0 Å². The number of halogens is 1. The summed E-state index contributed by atoms with van der Waals surface area (Å²) in [6.07, 6.45) is 2.25. The fourth-order valence-corrected chi connectivity index (χ4v) is 4.28. The third-order valence-electron chi connectivity index (χ3n) is 5.59. The van der Waals surface area contributed by atoms with Crippen LogP contribution in [0.2, 0.25) is 5.15 Å². The first kappa shape index (κ1) is 18.8. The molecule has 2 aromatic carbocycles. The molecule has 0 amide bonds. The highest BCUT2D eigenvalue weighted by Gasteiger charge is 2.22. The van der Waals surface area contributed by atoms with Gasteiger partial charge in [0.25, 0.3) is 0 Å². The molecule has 1 aliphatic rings. The number of fused-ring (bicyclic) bond motifs is 1. The van der Waals surface area contributed by atoms with E-state index in [4.69, 9.17) is 11.6 Å². The number of benzene rings is 2. The van der Waals surface area contributed by atoms with Gasteiger partial charge in [-0.3, -0.25) is 4.90 Å². The lowest BCUT2D eigenvalue weighted by Gasteiger charge is -2.35. The Balaban J connectivity index is 1.31. The number of aryl methyl sites for hydroxylation is 1. The molecule has 0 atom stereocenters. The van der Waals surface area contributed by atoms with Gasteiger partial charge in [0.1, 0.15) is 6.07 Å². The Bertz CT molecular complexity index is 1010. The molecule has 1 aliphatic heterocycles. The first-order valence-electron chi connectivity index (χ1n) is 9.73. The molecule has 0 radical (unpaired) electrons. The highest BCUT2D eigenvalue weighted by atomic mass is 35.5. The van der Waals surface area contributed by atoms with Gasteiger partial charge in [0, 0.05) is 33.2 Å². The van der Waals surface area contributed by atoms with Crippen LogP contribution in [0.25, 0.3) is 10.8 Å². The van der Waals surface area contributed by atoms with Gasteiger partial charge in [-0.25, -0.2) is 0 Å². The minimum Gasteiger partial charge on any atom is -0.340 e. The summed E-state index contributed by atoms with van der Waals surface area (Å²) in [7, 11) is 1.85. The van der Waals surface area contributed by atoms with Crippen LogP contribution in [0.1, 0.15) is 17.7 Å². The Kier molecular flexibility index (Phi) is 5.52. The number of anilines is 1. The summed E-state index contributed by atoms with van der Waals surface area (Å²) in [4.78, 5) is 9.10. The smallest absolute Gasteiger partial charge is 0.207 e. The molecule has 6 heteroatoms. The Hall–Kier alpha value is -2.55. The molecule has 0 N–H and O–H groups in total. The molecule has 1 fully saturated rings. The van der Waals surface area contributed by atoms with Gasteiger partial charge in [0.2, 0.25) is 5.95 Å². The van der Waals surface area contributed by atoms with E-state index in [1.165, 1.54) is 16.3 Å². The van der Waals surface area contributed by atoms with E-state index in [2.05, 4.69) is 63.3 Å². The third kappa shape index (κ3) is 3.71. The lowest BCUT2D eigenvalue weighted by Crippen LogP contribution is -2.47. The van der Waals surface area contributed by atoms with Crippen molar-refractivity contribution in [2.75, 3.05) is 37.6 Å². The molecule has 1 aromatic heterocycles. The van der Waals surface area contributed by atoms with Crippen molar-refractivity contribution < 1.29 is 0 Å². The first-order valence-corrected chi connectivity index (χ1v) is 10.1. The Morgan fingerprint density at radius 3 is 2.57 bits per heavy atom. The lowest BCUT2D eigenvalue weighted by molar-refractivity contribution is 0.253. The van der Waals surface area contributed by atoms with Gasteiger partial charge in [0.15, 0.2) is 10.8 Å². The summed E-state index contributed by atoms with van der Waals surface area (Å²) < 4.78 is 1.79. The van der Waals surface area contributed by atoms with Gasteiger partial charge in [-0.2, -0.15) is 10.2 Å². The molecule has 0 bridgehead atoms. The lowest BCUT2D eigenvalue weighted by atomic mass is 10.0. The van der Waals surface area contributed by atoms with E-state index in [0.29, 0.717) is 5.69 Å². The fraction of sp³-hybridized carbons (Fsp3) is 0.364. The standard InChI is InChI=1S/C22H24ClN5/c1-26-20(16-24)21(23)25-22(26)28-14-12-27(13-15-28)11-5-9-18-8-4-7-17-6-2-3-10-19(17)18/h2-4,6-8,10H,5,9,11-15H2,1H3. The van der Waals surface area contributed by atoms with E-state index in [9.17, 15) is 5.26 Å².